The Labute approximate surface area is 120 Å². The van der Waals surface area contributed by atoms with Crippen molar-refractivity contribution >= 4 is 11.4 Å². The summed E-state index contributed by atoms with van der Waals surface area (Å²) in [5, 5.41) is 6.60. The molecule has 1 N–H and O–H groups in total. The van der Waals surface area contributed by atoms with Crippen LogP contribution in [0.25, 0.3) is 0 Å². The van der Waals surface area contributed by atoms with Crippen LogP contribution < -0.4 is 10.2 Å². The molecule has 0 bridgehead atoms. The summed E-state index contributed by atoms with van der Waals surface area (Å²) in [6.45, 7) is 10.1. The highest BCUT2D eigenvalue weighted by Gasteiger charge is 2.16. The van der Waals surface area contributed by atoms with Gasteiger partial charge in [0.15, 0.2) is 0 Å². The van der Waals surface area contributed by atoms with Gasteiger partial charge in [0, 0.05) is 25.2 Å². The topological polar surface area (TPSA) is 53.9 Å². The second-order valence-corrected chi connectivity index (χ2v) is 6.12. The van der Waals surface area contributed by atoms with E-state index >= 15 is 0 Å². The molecule has 1 fully saturated rings. The zero-order valence-electron chi connectivity index (χ0n) is 12.5. The maximum Gasteiger partial charge on any atom is 0.131 e. The van der Waals surface area contributed by atoms with E-state index in [2.05, 4.69) is 42.2 Å². The van der Waals surface area contributed by atoms with Gasteiger partial charge in [-0.05, 0) is 43.6 Å². The fourth-order valence-corrected chi connectivity index (χ4v) is 2.19. The van der Waals surface area contributed by atoms with Gasteiger partial charge in [0.1, 0.15) is 5.69 Å². The molecule has 0 amide bonds. The van der Waals surface area contributed by atoms with Crippen LogP contribution >= 0.6 is 0 Å². The maximum absolute atomic E-state index is 11.1. The first-order valence-corrected chi connectivity index (χ1v) is 7.03. The van der Waals surface area contributed by atoms with Crippen molar-refractivity contribution in [2.45, 2.75) is 32.9 Å². The number of morpholine rings is 1. The average Bonchev–Trinajstić information content (AvgIpc) is 2.45. The Balaban J connectivity index is 2.13. The zero-order valence-corrected chi connectivity index (χ0v) is 12.5. The molecule has 110 valence electrons. The van der Waals surface area contributed by atoms with Gasteiger partial charge in [0.2, 0.25) is 0 Å². The lowest BCUT2D eigenvalue weighted by molar-refractivity contribution is 0.123. The van der Waals surface area contributed by atoms with Gasteiger partial charge in [-0.15, -0.1) is 4.91 Å². The van der Waals surface area contributed by atoms with Crippen molar-refractivity contribution in [1.29, 1.82) is 0 Å². The first-order valence-electron chi connectivity index (χ1n) is 7.03. The normalized spacial score (nSPS) is 16.2. The highest BCUT2D eigenvalue weighted by molar-refractivity contribution is 5.68. The van der Waals surface area contributed by atoms with Crippen LogP contribution in [-0.2, 0) is 11.3 Å². The Morgan fingerprint density at radius 1 is 1.30 bits per heavy atom. The Morgan fingerprint density at radius 3 is 2.60 bits per heavy atom. The predicted octanol–water partition coefficient (Wildman–Crippen LogP) is 2.81. The number of nitroso groups, excluding NO2 is 1. The van der Waals surface area contributed by atoms with E-state index in [1.54, 1.807) is 0 Å². The van der Waals surface area contributed by atoms with Crippen LogP contribution in [0.3, 0.4) is 0 Å². The van der Waals surface area contributed by atoms with E-state index < -0.39 is 0 Å². The van der Waals surface area contributed by atoms with E-state index in [1.807, 2.05) is 12.1 Å². The lowest BCUT2D eigenvalue weighted by Gasteiger charge is -2.29. The number of rotatable bonds is 4. The molecule has 0 aliphatic carbocycles. The van der Waals surface area contributed by atoms with Crippen molar-refractivity contribution < 1.29 is 4.74 Å². The van der Waals surface area contributed by atoms with E-state index in [9.17, 15) is 4.91 Å². The van der Waals surface area contributed by atoms with Gasteiger partial charge in [0.25, 0.3) is 0 Å². The molecule has 0 unspecified atom stereocenters. The smallest absolute Gasteiger partial charge is 0.131 e. The molecule has 0 atom stereocenters. The van der Waals surface area contributed by atoms with E-state index in [0.29, 0.717) is 18.9 Å². The zero-order chi connectivity index (χ0) is 14.6. The number of ether oxygens (including phenoxy) is 1. The van der Waals surface area contributed by atoms with Crippen molar-refractivity contribution in [2.24, 2.45) is 5.18 Å². The van der Waals surface area contributed by atoms with Gasteiger partial charge >= 0.3 is 0 Å². The molecule has 0 radical (unpaired) electrons. The van der Waals surface area contributed by atoms with Crippen LogP contribution in [0.2, 0.25) is 0 Å². The van der Waals surface area contributed by atoms with Gasteiger partial charge < -0.3 is 15.0 Å². The van der Waals surface area contributed by atoms with Crippen LogP contribution in [0.1, 0.15) is 26.3 Å². The summed E-state index contributed by atoms with van der Waals surface area (Å²) in [6.07, 6.45) is 0. The third-order valence-corrected chi connectivity index (χ3v) is 3.31. The molecule has 1 aromatic rings. The second kappa shape index (κ2) is 6.33. The van der Waals surface area contributed by atoms with Crippen LogP contribution in [0, 0.1) is 4.91 Å². The fourth-order valence-electron chi connectivity index (χ4n) is 2.19. The van der Waals surface area contributed by atoms with Gasteiger partial charge in [-0.3, -0.25) is 0 Å². The summed E-state index contributed by atoms with van der Waals surface area (Å²) in [7, 11) is 0. The molecule has 5 nitrogen and oxygen atoms in total. The molecule has 0 saturated carbocycles. The highest BCUT2D eigenvalue weighted by Crippen LogP contribution is 2.30. The summed E-state index contributed by atoms with van der Waals surface area (Å²) in [5.41, 5.74) is 2.55. The van der Waals surface area contributed by atoms with Crippen LogP contribution in [0.4, 0.5) is 11.4 Å². The number of hydrogen-bond acceptors (Lipinski definition) is 5. The molecule has 1 aliphatic heterocycles. The fraction of sp³-hybridized carbons (Fsp3) is 0.600. The second-order valence-electron chi connectivity index (χ2n) is 6.12. The Kier molecular flexibility index (Phi) is 4.73. The largest absolute Gasteiger partial charge is 0.378 e. The van der Waals surface area contributed by atoms with E-state index in [0.717, 1.165) is 30.9 Å². The lowest BCUT2D eigenvalue weighted by atomic mass is 10.1. The van der Waals surface area contributed by atoms with Crippen molar-refractivity contribution in [2.75, 3.05) is 31.2 Å². The molecule has 1 heterocycles. The number of anilines is 1. The third-order valence-electron chi connectivity index (χ3n) is 3.31. The van der Waals surface area contributed by atoms with Gasteiger partial charge in [-0.2, -0.15) is 0 Å². The minimum atomic E-state index is 0.0532. The number of benzene rings is 1. The summed E-state index contributed by atoms with van der Waals surface area (Å²) in [6, 6.07) is 5.91. The molecule has 0 spiro atoms. The molecule has 5 heteroatoms. The summed E-state index contributed by atoms with van der Waals surface area (Å²) >= 11 is 0. The van der Waals surface area contributed by atoms with Gasteiger partial charge in [0.05, 0.1) is 18.9 Å². The molecule has 20 heavy (non-hydrogen) atoms. The minimum absolute atomic E-state index is 0.0532. The molecule has 2 rings (SSSR count). The van der Waals surface area contributed by atoms with E-state index in [-0.39, 0.29) is 5.54 Å². The Hall–Kier alpha value is -1.46. The van der Waals surface area contributed by atoms with Crippen molar-refractivity contribution in [3.05, 3.63) is 28.7 Å². The summed E-state index contributed by atoms with van der Waals surface area (Å²) in [5.74, 6) is 0. The molecule has 1 aliphatic rings. The first-order chi connectivity index (χ1) is 9.49. The minimum Gasteiger partial charge on any atom is -0.378 e. The predicted molar refractivity (Wildman–Crippen MR) is 81.5 cm³/mol. The third kappa shape index (κ3) is 4.02. The van der Waals surface area contributed by atoms with Crippen LogP contribution in [-0.4, -0.2) is 31.8 Å². The van der Waals surface area contributed by atoms with Crippen LogP contribution in [0.5, 0.6) is 0 Å². The molecule has 1 aromatic carbocycles. The van der Waals surface area contributed by atoms with Gasteiger partial charge in [-0.1, -0.05) is 6.07 Å². The monoisotopic (exact) mass is 277 g/mol. The first kappa shape index (κ1) is 14.9. The lowest BCUT2D eigenvalue weighted by Crippen LogP contribution is -2.36. The van der Waals surface area contributed by atoms with Crippen LogP contribution in [0.15, 0.2) is 23.4 Å². The SMILES string of the molecule is CC(C)(C)NCc1ccc(N2CCOCC2)c(N=O)c1. The van der Waals surface area contributed by atoms with Crippen molar-refractivity contribution in [1.82, 2.24) is 5.32 Å². The summed E-state index contributed by atoms with van der Waals surface area (Å²) in [4.78, 5) is 13.2. The molecular weight excluding hydrogens is 254 g/mol. The Bertz CT molecular complexity index is 463. The maximum atomic E-state index is 11.1. The van der Waals surface area contributed by atoms with E-state index in [4.69, 9.17) is 4.74 Å². The quantitative estimate of drug-likeness (QED) is 0.860. The molecule has 1 saturated heterocycles. The molecule has 0 aromatic heterocycles. The number of hydrogen-bond donors (Lipinski definition) is 1. The Morgan fingerprint density at radius 2 is 2.00 bits per heavy atom. The standard InChI is InChI=1S/C15H23N3O2/c1-15(2,3)16-11-12-4-5-14(13(10-12)17-19)18-6-8-20-9-7-18/h4-5,10,16H,6-9,11H2,1-3H3. The highest BCUT2D eigenvalue weighted by atomic mass is 16.5. The van der Waals surface area contributed by atoms with Crippen molar-refractivity contribution in [3.63, 3.8) is 0 Å². The van der Waals surface area contributed by atoms with Gasteiger partial charge in [-0.25, -0.2) is 0 Å². The number of nitrogens with zero attached hydrogens (tertiary/aromatic N) is 2. The average molecular weight is 277 g/mol. The van der Waals surface area contributed by atoms with E-state index in [1.165, 1.54) is 0 Å². The number of nitrogens with one attached hydrogen (secondary N) is 1. The van der Waals surface area contributed by atoms with Crippen molar-refractivity contribution in [3.8, 4) is 0 Å². The molecular formula is C15H23N3O2. The summed E-state index contributed by atoms with van der Waals surface area (Å²) < 4.78 is 5.33.